The third-order valence-corrected chi connectivity index (χ3v) is 9.25. The van der Waals surface area contributed by atoms with Crippen LogP contribution in [0.25, 0.3) is 0 Å². The molecule has 1 saturated heterocycles. The van der Waals surface area contributed by atoms with Crippen molar-refractivity contribution in [3.05, 3.63) is 86.7 Å². The number of allylic oxidation sites excluding steroid dienone is 1. The SMILES string of the molecule is CC1(C)CC[C@@H](c2ccc(Cl)c(Cl)c2)N(CC(=O)Nc2ccc3c(c2)C[C@@]2(C3)C(=O)NC3=C2C=CCN3)C1=O. The van der Waals surface area contributed by atoms with Gasteiger partial charge in [-0.2, -0.15) is 0 Å². The van der Waals surface area contributed by atoms with E-state index in [0.29, 0.717) is 48.0 Å². The Morgan fingerprint density at radius 1 is 1.08 bits per heavy atom. The van der Waals surface area contributed by atoms with Gasteiger partial charge >= 0.3 is 0 Å². The average molecular weight is 566 g/mol. The first-order chi connectivity index (χ1) is 18.6. The van der Waals surface area contributed by atoms with Crippen molar-refractivity contribution >= 4 is 46.6 Å². The first-order valence-electron chi connectivity index (χ1n) is 13.2. The number of anilines is 1. The summed E-state index contributed by atoms with van der Waals surface area (Å²) in [6.07, 6.45) is 6.69. The fourth-order valence-corrected chi connectivity index (χ4v) is 6.69. The van der Waals surface area contributed by atoms with Crippen LogP contribution in [-0.4, -0.2) is 35.7 Å². The van der Waals surface area contributed by atoms with Gasteiger partial charge in [0.25, 0.3) is 0 Å². The number of amides is 3. The minimum absolute atomic E-state index is 0.00732. The Kier molecular flexibility index (Phi) is 6.27. The summed E-state index contributed by atoms with van der Waals surface area (Å²) >= 11 is 12.4. The Hall–Kier alpha value is -3.29. The van der Waals surface area contributed by atoms with E-state index < -0.39 is 10.8 Å². The molecule has 3 heterocycles. The van der Waals surface area contributed by atoms with Crippen LogP contribution in [-0.2, 0) is 27.2 Å². The molecule has 9 heteroatoms. The molecular weight excluding hydrogens is 535 g/mol. The van der Waals surface area contributed by atoms with E-state index in [-0.39, 0.29) is 30.3 Å². The van der Waals surface area contributed by atoms with Crippen molar-refractivity contribution in [3.63, 3.8) is 0 Å². The van der Waals surface area contributed by atoms with Crippen LogP contribution in [0.1, 0.15) is 49.4 Å². The summed E-state index contributed by atoms with van der Waals surface area (Å²) in [5.41, 5.74) is 3.47. The Bertz CT molecular complexity index is 1480. The molecule has 1 aliphatic carbocycles. The summed E-state index contributed by atoms with van der Waals surface area (Å²) in [5.74, 6) is 0.463. The lowest BCUT2D eigenvalue weighted by atomic mass is 9.78. The van der Waals surface area contributed by atoms with E-state index in [1.54, 1.807) is 17.0 Å². The summed E-state index contributed by atoms with van der Waals surface area (Å²) in [5, 5.41) is 10.1. The van der Waals surface area contributed by atoms with Gasteiger partial charge < -0.3 is 20.9 Å². The molecule has 1 fully saturated rings. The smallest absolute Gasteiger partial charge is 0.244 e. The summed E-state index contributed by atoms with van der Waals surface area (Å²) in [7, 11) is 0. The molecule has 0 saturated carbocycles. The minimum Gasteiger partial charge on any atom is -0.368 e. The lowest BCUT2D eigenvalue weighted by Crippen LogP contribution is -2.50. The van der Waals surface area contributed by atoms with Crippen molar-refractivity contribution in [1.29, 1.82) is 0 Å². The number of halogens is 2. The number of carbonyl (C=O) groups excluding carboxylic acids is 3. The number of benzene rings is 2. The Labute approximate surface area is 237 Å². The van der Waals surface area contributed by atoms with Crippen LogP contribution in [0, 0.1) is 10.8 Å². The zero-order valence-electron chi connectivity index (χ0n) is 21.9. The molecule has 0 radical (unpaired) electrons. The fourth-order valence-electron chi connectivity index (χ4n) is 6.38. The molecule has 3 aliphatic heterocycles. The van der Waals surface area contributed by atoms with Crippen LogP contribution in [0.4, 0.5) is 5.69 Å². The lowest BCUT2D eigenvalue weighted by molar-refractivity contribution is -0.150. The zero-order valence-corrected chi connectivity index (χ0v) is 23.4. The maximum atomic E-state index is 13.4. The number of likely N-dealkylation sites (tertiary alicyclic amines) is 1. The van der Waals surface area contributed by atoms with Gasteiger partial charge in [-0.1, -0.05) is 61.3 Å². The van der Waals surface area contributed by atoms with E-state index in [1.165, 1.54) is 0 Å². The highest BCUT2D eigenvalue weighted by Gasteiger charge is 2.51. The molecule has 2 aromatic rings. The van der Waals surface area contributed by atoms with E-state index in [4.69, 9.17) is 23.2 Å². The van der Waals surface area contributed by atoms with E-state index >= 15 is 0 Å². The van der Waals surface area contributed by atoms with Crippen molar-refractivity contribution in [2.75, 3.05) is 18.4 Å². The van der Waals surface area contributed by atoms with Gasteiger partial charge in [-0.25, -0.2) is 0 Å². The van der Waals surface area contributed by atoms with Crippen LogP contribution >= 0.6 is 23.2 Å². The number of carbonyl (C=O) groups is 3. The van der Waals surface area contributed by atoms with Gasteiger partial charge in [0.2, 0.25) is 17.7 Å². The Morgan fingerprint density at radius 2 is 1.87 bits per heavy atom. The van der Waals surface area contributed by atoms with E-state index in [0.717, 1.165) is 28.1 Å². The molecule has 39 heavy (non-hydrogen) atoms. The van der Waals surface area contributed by atoms with Gasteiger partial charge in [0.05, 0.1) is 21.5 Å². The highest BCUT2D eigenvalue weighted by molar-refractivity contribution is 6.42. The van der Waals surface area contributed by atoms with Crippen LogP contribution in [0.2, 0.25) is 10.0 Å². The monoisotopic (exact) mass is 564 g/mol. The summed E-state index contributed by atoms with van der Waals surface area (Å²) in [4.78, 5) is 41.4. The number of fused-ring (bicyclic) bond motifs is 2. The molecule has 202 valence electrons. The number of rotatable bonds is 4. The lowest BCUT2D eigenvalue weighted by Gasteiger charge is -2.43. The van der Waals surface area contributed by atoms with Gasteiger partial charge in [-0.15, -0.1) is 0 Å². The molecule has 0 unspecified atom stereocenters. The van der Waals surface area contributed by atoms with Gasteiger partial charge in [-0.05, 0) is 66.6 Å². The van der Waals surface area contributed by atoms with Crippen molar-refractivity contribution in [1.82, 2.24) is 15.5 Å². The van der Waals surface area contributed by atoms with Gasteiger partial charge in [0.15, 0.2) is 0 Å². The average Bonchev–Trinajstić information content (AvgIpc) is 3.41. The number of dihydropyridines is 1. The predicted octanol–water partition coefficient (Wildman–Crippen LogP) is 4.91. The summed E-state index contributed by atoms with van der Waals surface area (Å²) in [6.45, 7) is 4.45. The van der Waals surface area contributed by atoms with Crippen molar-refractivity contribution in [2.24, 2.45) is 10.8 Å². The van der Waals surface area contributed by atoms with E-state index in [2.05, 4.69) is 16.0 Å². The van der Waals surface area contributed by atoms with Gasteiger partial charge in [-0.3, -0.25) is 14.4 Å². The largest absolute Gasteiger partial charge is 0.368 e. The first kappa shape index (κ1) is 26.0. The maximum absolute atomic E-state index is 13.4. The van der Waals surface area contributed by atoms with Gasteiger partial charge in [0, 0.05) is 23.2 Å². The Morgan fingerprint density at radius 3 is 2.67 bits per heavy atom. The molecular formula is C30H30Cl2N4O3. The quantitative estimate of drug-likeness (QED) is 0.492. The van der Waals surface area contributed by atoms with Crippen LogP contribution in [0.3, 0.4) is 0 Å². The molecule has 3 N–H and O–H groups in total. The summed E-state index contributed by atoms with van der Waals surface area (Å²) in [6, 6.07) is 10.9. The van der Waals surface area contributed by atoms with E-state index in [9.17, 15) is 14.4 Å². The molecule has 3 amide bonds. The minimum atomic E-state index is -0.622. The molecule has 0 bridgehead atoms. The number of piperidine rings is 1. The number of hydrogen-bond donors (Lipinski definition) is 3. The second kappa shape index (κ2) is 9.42. The molecule has 4 aliphatic rings. The zero-order chi connectivity index (χ0) is 27.5. The number of hydrogen-bond acceptors (Lipinski definition) is 4. The number of nitrogens with zero attached hydrogens (tertiary/aromatic N) is 1. The van der Waals surface area contributed by atoms with Crippen molar-refractivity contribution in [3.8, 4) is 0 Å². The van der Waals surface area contributed by atoms with Gasteiger partial charge in [0.1, 0.15) is 12.4 Å². The predicted molar refractivity (Wildman–Crippen MR) is 151 cm³/mol. The Balaban J connectivity index is 1.20. The third-order valence-electron chi connectivity index (χ3n) is 8.51. The number of nitrogens with one attached hydrogen (secondary N) is 3. The third kappa shape index (κ3) is 4.42. The van der Waals surface area contributed by atoms with Crippen molar-refractivity contribution in [2.45, 2.75) is 45.6 Å². The molecule has 0 aromatic heterocycles. The van der Waals surface area contributed by atoms with Crippen LogP contribution in [0.5, 0.6) is 0 Å². The molecule has 1 spiro atoms. The van der Waals surface area contributed by atoms with Crippen LogP contribution < -0.4 is 16.0 Å². The highest BCUT2D eigenvalue weighted by Crippen LogP contribution is 2.48. The standard InChI is InChI=1S/C30H30Cl2N4O3/c1-29(2)10-9-24(17-6-8-22(31)23(32)13-17)36(28(29)39)16-25(37)34-20-7-5-18-14-30(15-19(18)12-20)21-4-3-11-33-26(21)35-27(30)38/h3-8,12-13,24,33H,9-11,14-16H2,1-2H3,(H,34,37)(H,35,38)/t24-,30+/m0/s1. The second-order valence-corrected chi connectivity index (χ2v) is 12.4. The molecule has 6 rings (SSSR count). The highest BCUT2D eigenvalue weighted by atomic mass is 35.5. The first-order valence-corrected chi connectivity index (χ1v) is 14.0. The summed E-state index contributed by atoms with van der Waals surface area (Å²) < 4.78 is 0. The maximum Gasteiger partial charge on any atom is 0.244 e. The van der Waals surface area contributed by atoms with Crippen molar-refractivity contribution < 1.29 is 14.4 Å². The normalized spacial score (nSPS) is 24.9. The second-order valence-electron chi connectivity index (χ2n) is 11.5. The molecule has 7 nitrogen and oxygen atoms in total. The van der Waals surface area contributed by atoms with Crippen LogP contribution in [0.15, 0.2) is 59.9 Å². The fraction of sp³-hybridized carbons (Fsp3) is 0.367. The topological polar surface area (TPSA) is 90.5 Å². The molecule has 2 aromatic carbocycles. The molecule has 2 atom stereocenters. The van der Waals surface area contributed by atoms with E-state index in [1.807, 2.05) is 50.3 Å².